The lowest BCUT2D eigenvalue weighted by Crippen LogP contribution is -2.54. The van der Waals surface area contributed by atoms with Gasteiger partial charge in [-0.05, 0) is 81.5 Å². The fourth-order valence-electron chi connectivity index (χ4n) is 8.64. The number of carbonyl (C=O) groups excluding carboxylic acids is 2. The molecule has 0 spiro atoms. The number of alkyl halides is 1. The van der Waals surface area contributed by atoms with Crippen LogP contribution in [0.1, 0.15) is 99.8 Å². The quantitative estimate of drug-likeness (QED) is 0.390. The minimum absolute atomic E-state index is 0.163. The number of hydrogen-bond donors (Lipinski definition) is 1. The first-order valence-corrected chi connectivity index (χ1v) is 14.3. The van der Waals surface area contributed by atoms with E-state index in [2.05, 4.69) is 32.9 Å². The SMILES string of the molecule is CC(=O)O[C@@H]1CC2=CC=C3[C@@H]4CC[C@H]([C@H](C)CC[C@@H](F)C(C)(C)O)[C@@]4(C)CC[C@@H]3[C@@]2(C)[C@@H](OC(C)=O)C1. The Labute approximate surface area is 222 Å². The Kier molecular flexibility index (Phi) is 7.75. The zero-order valence-electron chi connectivity index (χ0n) is 23.8. The summed E-state index contributed by atoms with van der Waals surface area (Å²) in [6.07, 6.45) is 9.53. The van der Waals surface area contributed by atoms with E-state index in [0.29, 0.717) is 42.9 Å². The summed E-state index contributed by atoms with van der Waals surface area (Å²) in [5, 5.41) is 10.0. The van der Waals surface area contributed by atoms with Crippen LogP contribution in [0.25, 0.3) is 0 Å². The first-order valence-electron chi connectivity index (χ1n) is 14.3. The van der Waals surface area contributed by atoms with Crippen LogP contribution in [0.5, 0.6) is 0 Å². The second-order valence-electron chi connectivity index (χ2n) is 13.4. The molecule has 9 atom stereocenters. The van der Waals surface area contributed by atoms with Crippen LogP contribution >= 0.6 is 0 Å². The van der Waals surface area contributed by atoms with E-state index in [1.54, 1.807) is 13.8 Å². The number of carbonyl (C=O) groups is 2. The Morgan fingerprint density at radius 3 is 2.38 bits per heavy atom. The maximum atomic E-state index is 14.5. The van der Waals surface area contributed by atoms with Crippen LogP contribution < -0.4 is 0 Å². The molecule has 0 aromatic rings. The molecule has 208 valence electrons. The van der Waals surface area contributed by atoms with E-state index < -0.39 is 11.8 Å². The summed E-state index contributed by atoms with van der Waals surface area (Å²) in [7, 11) is 0. The lowest BCUT2D eigenvalue weighted by molar-refractivity contribution is -0.165. The van der Waals surface area contributed by atoms with Crippen LogP contribution in [0, 0.1) is 34.5 Å². The predicted molar refractivity (Wildman–Crippen MR) is 141 cm³/mol. The van der Waals surface area contributed by atoms with Crippen molar-refractivity contribution in [2.75, 3.05) is 0 Å². The fourth-order valence-corrected chi connectivity index (χ4v) is 8.64. The fraction of sp³-hybridized carbons (Fsp3) is 0.806. The van der Waals surface area contributed by atoms with Crippen LogP contribution in [0.4, 0.5) is 4.39 Å². The molecule has 0 aliphatic heterocycles. The van der Waals surface area contributed by atoms with Crippen molar-refractivity contribution >= 4 is 11.9 Å². The summed E-state index contributed by atoms with van der Waals surface area (Å²) in [5.74, 6) is 1.09. The van der Waals surface area contributed by atoms with Gasteiger partial charge in [0.05, 0.1) is 5.60 Å². The van der Waals surface area contributed by atoms with Gasteiger partial charge in [0.1, 0.15) is 18.4 Å². The molecule has 0 saturated heterocycles. The Balaban J connectivity index is 1.58. The third-order valence-electron chi connectivity index (χ3n) is 10.6. The van der Waals surface area contributed by atoms with Crippen molar-refractivity contribution in [1.82, 2.24) is 0 Å². The summed E-state index contributed by atoms with van der Waals surface area (Å²) < 4.78 is 26.0. The molecule has 4 aliphatic carbocycles. The van der Waals surface area contributed by atoms with Crippen molar-refractivity contribution in [1.29, 1.82) is 0 Å². The molecule has 3 saturated carbocycles. The molecule has 1 N–H and O–H groups in total. The van der Waals surface area contributed by atoms with Crippen LogP contribution in [-0.2, 0) is 19.1 Å². The lowest BCUT2D eigenvalue weighted by Gasteiger charge is -2.57. The summed E-state index contributed by atoms with van der Waals surface area (Å²) in [4.78, 5) is 23.8. The Hall–Kier alpha value is -1.69. The van der Waals surface area contributed by atoms with Gasteiger partial charge in [-0.15, -0.1) is 0 Å². The molecule has 0 heterocycles. The maximum Gasteiger partial charge on any atom is 0.302 e. The third-order valence-corrected chi connectivity index (χ3v) is 10.6. The number of aliphatic hydroxyl groups is 1. The van der Waals surface area contributed by atoms with Gasteiger partial charge < -0.3 is 14.6 Å². The molecular formula is C31H47FO5. The van der Waals surface area contributed by atoms with Crippen LogP contribution in [-0.4, -0.2) is 41.0 Å². The summed E-state index contributed by atoms with van der Waals surface area (Å²) in [6, 6.07) is 0. The summed E-state index contributed by atoms with van der Waals surface area (Å²) >= 11 is 0. The molecule has 0 aromatic carbocycles. The Morgan fingerprint density at radius 1 is 1.08 bits per heavy atom. The highest BCUT2D eigenvalue weighted by Crippen LogP contribution is 2.66. The Bertz CT molecular complexity index is 963. The molecule has 6 heteroatoms. The topological polar surface area (TPSA) is 72.8 Å². The summed E-state index contributed by atoms with van der Waals surface area (Å²) in [5.41, 5.74) is 1.27. The van der Waals surface area contributed by atoms with Gasteiger partial charge >= 0.3 is 11.9 Å². The van der Waals surface area contributed by atoms with Gasteiger partial charge in [-0.2, -0.15) is 0 Å². The molecule has 0 bridgehead atoms. The van der Waals surface area contributed by atoms with Gasteiger partial charge in [-0.3, -0.25) is 9.59 Å². The largest absolute Gasteiger partial charge is 0.462 e. The van der Waals surface area contributed by atoms with Crippen LogP contribution in [0.2, 0.25) is 0 Å². The highest BCUT2D eigenvalue weighted by molar-refractivity contribution is 5.67. The van der Waals surface area contributed by atoms with Crippen molar-refractivity contribution in [3.8, 4) is 0 Å². The van der Waals surface area contributed by atoms with E-state index in [4.69, 9.17) is 9.47 Å². The van der Waals surface area contributed by atoms with Crippen LogP contribution in [0.3, 0.4) is 0 Å². The normalized spacial score (nSPS) is 38.8. The molecule has 4 aliphatic rings. The molecule has 0 unspecified atom stereocenters. The monoisotopic (exact) mass is 518 g/mol. The van der Waals surface area contributed by atoms with E-state index in [9.17, 15) is 19.1 Å². The zero-order valence-corrected chi connectivity index (χ0v) is 23.8. The molecule has 37 heavy (non-hydrogen) atoms. The van der Waals surface area contributed by atoms with Crippen molar-refractivity contribution in [3.63, 3.8) is 0 Å². The van der Waals surface area contributed by atoms with E-state index in [1.165, 1.54) is 25.0 Å². The highest BCUT2D eigenvalue weighted by Gasteiger charge is 2.60. The second kappa shape index (κ2) is 10.1. The predicted octanol–water partition coefficient (Wildman–Crippen LogP) is 6.48. The minimum atomic E-state index is -1.29. The number of fused-ring (bicyclic) bond motifs is 5. The number of hydrogen-bond acceptors (Lipinski definition) is 5. The smallest absolute Gasteiger partial charge is 0.302 e. The number of halogens is 1. The minimum Gasteiger partial charge on any atom is -0.462 e. The zero-order chi connectivity index (χ0) is 27.3. The third kappa shape index (κ3) is 5.16. The van der Waals surface area contributed by atoms with Gasteiger partial charge in [0.2, 0.25) is 0 Å². The second-order valence-corrected chi connectivity index (χ2v) is 13.4. The van der Waals surface area contributed by atoms with Gasteiger partial charge in [0.25, 0.3) is 0 Å². The van der Waals surface area contributed by atoms with Crippen LogP contribution in [0.15, 0.2) is 23.3 Å². The van der Waals surface area contributed by atoms with E-state index in [0.717, 1.165) is 32.1 Å². The van der Waals surface area contributed by atoms with Gasteiger partial charge in [-0.1, -0.05) is 44.1 Å². The number of allylic oxidation sites excluding steroid dienone is 3. The molecule has 0 aromatic heterocycles. The first kappa shape index (κ1) is 28.3. The Morgan fingerprint density at radius 2 is 1.76 bits per heavy atom. The standard InChI is InChI=1S/C31H47FO5/c1-18(8-13-27(32)29(4,5)35)24-11-12-25-23-10-9-21-16-22(36-19(2)33)17-28(37-20(3)34)31(21,7)26(23)14-15-30(24,25)6/h9-10,18,22,24-28,35H,8,11-17H2,1-7H3/t18-,22-,24-,25+,26+,27-,28+,30-,31+/m1/s1. The molecular weight excluding hydrogens is 471 g/mol. The number of esters is 2. The van der Waals surface area contributed by atoms with Crippen molar-refractivity contribution < 1.29 is 28.6 Å². The van der Waals surface area contributed by atoms with E-state index in [-0.39, 0.29) is 35.0 Å². The van der Waals surface area contributed by atoms with E-state index in [1.807, 2.05) is 0 Å². The maximum absolute atomic E-state index is 14.5. The number of ether oxygens (including phenoxy) is 2. The van der Waals surface area contributed by atoms with E-state index >= 15 is 0 Å². The molecule has 0 radical (unpaired) electrons. The summed E-state index contributed by atoms with van der Waals surface area (Å²) in [6.45, 7) is 13.0. The van der Waals surface area contributed by atoms with Gasteiger partial charge in [0.15, 0.2) is 0 Å². The molecule has 4 rings (SSSR count). The molecule has 0 amide bonds. The average molecular weight is 519 g/mol. The highest BCUT2D eigenvalue weighted by atomic mass is 19.1. The molecule has 5 nitrogen and oxygen atoms in total. The van der Waals surface area contributed by atoms with Gasteiger partial charge in [0, 0.05) is 32.1 Å². The molecule has 3 fully saturated rings. The van der Waals surface area contributed by atoms with Gasteiger partial charge in [-0.25, -0.2) is 4.39 Å². The average Bonchev–Trinajstić information content (AvgIpc) is 3.14. The lowest BCUT2D eigenvalue weighted by atomic mass is 9.49. The first-order chi connectivity index (χ1) is 17.2. The van der Waals surface area contributed by atoms with Crippen molar-refractivity contribution in [2.45, 2.75) is 124 Å². The number of rotatable bonds is 7. The van der Waals surface area contributed by atoms with Crippen molar-refractivity contribution in [3.05, 3.63) is 23.3 Å². The van der Waals surface area contributed by atoms with Crippen molar-refractivity contribution in [2.24, 2.45) is 34.5 Å².